The van der Waals surface area contributed by atoms with Gasteiger partial charge in [0.2, 0.25) is 0 Å². The molecule has 1 saturated heterocycles. The van der Waals surface area contributed by atoms with Crippen LogP contribution in [0.25, 0.3) is 0 Å². The Kier molecular flexibility index (Phi) is 7.71. The predicted octanol–water partition coefficient (Wildman–Crippen LogP) is 4.80. The summed E-state index contributed by atoms with van der Waals surface area (Å²) in [5.41, 5.74) is 6.25. The highest BCUT2D eigenvalue weighted by Gasteiger charge is 2.26. The zero-order valence-corrected chi connectivity index (χ0v) is 21.1. The quantitative estimate of drug-likeness (QED) is 0.534. The van der Waals surface area contributed by atoms with E-state index in [1.165, 1.54) is 17.7 Å². The maximum absolute atomic E-state index is 13.3. The van der Waals surface area contributed by atoms with Gasteiger partial charge >= 0.3 is 0 Å². The SMILES string of the molecule is Cc1cc(C)cc(C(=O)NCC(c2ccc(N(C)C)cc2)N2CCN(c3ccc(F)cc3)CC2)c1. The Morgan fingerprint density at radius 1 is 0.914 bits per heavy atom. The minimum Gasteiger partial charge on any atom is -0.378 e. The number of anilines is 2. The Morgan fingerprint density at radius 3 is 2.09 bits per heavy atom. The van der Waals surface area contributed by atoms with Gasteiger partial charge in [-0.05, 0) is 67.9 Å². The van der Waals surface area contributed by atoms with Crippen molar-refractivity contribution in [3.63, 3.8) is 0 Å². The molecule has 1 N–H and O–H groups in total. The van der Waals surface area contributed by atoms with Gasteiger partial charge in [0.1, 0.15) is 5.82 Å². The Balaban J connectivity index is 1.49. The third kappa shape index (κ3) is 6.20. The number of amides is 1. The van der Waals surface area contributed by atoms with Crippen LogP contribution in [0.1, 0.15) is 33.1 Å². The molecule has 0 bridgehead atoms. The first-order chi connectivity index (χ1) is 16.8. The van der Waals surface area contributed by atoms with E-state index in [1.807, 2.05) is 52.2 Å². The number of nitrogens with one attached hydrogen (secondary N) is 1. The molecule has 6 heteroatoms. The second kappa shape index (κ2) is 10.9. The highest BCUT2D eigenvalue weighted by molar-refractivity contribution is 5.94. The molecule has 1 heterocycles. The van der Waals surface area contributed by atoms with Crippen molar-refractivity contribution in [1.29, 1.82) is 0 Å². The molecule has 0 aliphatic carbocycles. The molecule has 184 valence electrons. The highest BCUT2D eigenvalue weighted by Crippen LogP contribution is 2.26. The average molecular weight is 475 g/mol. The number of nitrogens with zero attached hydrogens (tertiary/aromatic N) is 3. The van der Waals surface area contributed by atoms with Gasteiger partial charge in [-0.3, -0.25) is 9.69 Å². The van der Waals surface area contributed by atoms with Gasteiger partial charge in [0.25, 0.3) is 5.91 Å². The van der Waals surface area contributed by atoms with E-state index in [2.05, 4.69) is 50.3 Å². The molecule has 0 saturated carbocycles. The van der Waals surface area contributed by atoms with Crippen LogP contribution < -0.4 is 15.1 Å². The number of rotatable bonds is 7. The number of carbonyl (C=O) groups excluding carboxylic acids is 1. The van der Waals surface area contributed by atoms with Crippen molar-refractivity contribution in [2.75, 3.05) is 56.6 Å². The molecule has 3 aromatic rings. The van der Waals surface area contributed by atoms with Gasteiger partial charge in [0.05, 0.1) is 6.04 Å². The van der Waals surface area contributed by atoms with Gasteiger partial charge in [-0.15, -0.1) is 0 Å². The molecule has 1 aliphatic heterocycles. The number of benzene rings is 3. The molecule has 0 aromatic heterocycles. The number of piperazine rings is 1. The van der Waals surface area contributed by atoms with E-state index in [0.29, 0.717) is 12.1 Å². The lowest BCUT2D eigenvalue weighted by molar-refractivity contribution is 0.0930. The molecule has 0 radical (unpaired) electrons. The van der Waals surface area contributed by atoms with Crippen molar-refractivity contribution in [1.82, 2.24) is 10.2 Å². The van der Waals surface area contributed by atoms with Crippen LogP contribution in [-0.2, 0) is 0 Å². The molecular formula is C29H35FN4O. The van der Waals surface area contributed by atoms with E-state index < -0.39 is 0 Å². The fourth-order valence-corrected chi connectivity index (χ4v) is 4.79. The van der Waals surface area contributed by atoms with Crippen molar-refractivity contribution in [2.45, 2.75) is 19.9 Å². The van der Waals surface area contributed by atoms with Crippen molar-refractivity contribution in [2.24, 2.45) is 0 Å². The monoisotopic (exact) mass is 474 g/mol. The van der Waals surface area contributed by atoms with E-state index in [4.69, 9.17) is 0 Å². The standard InChI is InChI=1S/C29H35FN4O/c1-21-17-22(2)19-24(18-21)29(35)31-20-28(23-5-9-26(10-6-23)32(3)4)34-15-13-33(14-16-34)27-11-7-25(30)8-12-27/h5-12,17-19,28H,13-16,20H2,1-4H3,(H,31,35). The van der Waals surface area contributed by atoms with Crippen molar-refractivity contribution in [3.8, 4) is 0 Å². The first-order valence-corrected chi connectivity index (χ1v) is 12.2. The molecule has 1 fully saturated rings. The lowest BCUT2D eigenvalue weighted by Crippen LogP contribution is -2.50. The summed E-state index contributed by atoms with van der Waals surface area (Å²) in [5, 5.41) is 3.19. The lowest BCUT2D eigenvalue weighted by atomic mass is 10.0. The molecule has 35 heavy (non-hydrogen) atoms. The Morgan fingerprint density at radius 2 is 1.51 bits per heavy atom. The molecule has 1 atom stereocenters. The van der Waals surface area contributed by atoms with Crippen LogP contribution in [0.2, 0.25) is 0 Å². The molecular weight excluding hydrogens is 439 g/mol. The Hall–Kier alpha value is -3.38. The maximum atomic E-state index is 13.3. The summed E-state index contributed by atoms with van der Waals surface area (Å²) in [6.07, 6.45) is 0. The average Bonchev–Trinajstić information content (AvgIpc) is 2.84. The van der Waals surface area contributed by atoms with Gasteiger partial charge in [-0.2, -0.15) is 0 Å². The number of aryl methyl sites for hydroxylation is 2. The lowest BCUT2D eigenvalue weighted by Gasteiger charge is -2.40. The zero-order chi connectivity index (χ0) is 24.9. The molecule has 5 nitrogen and oxygen atoms in total. The van der Waals surface area contributed by atoms with E-state index in [-0.39, 0.29) is 17.8 Å². The van der Waals surface area contributed by atoms with Gasteiger partial charge in [-0.1, -0.05) is 29.3 Å². The van der Waals surface area contributed by atoms with Gasteiger partial charge in [-0.25, -0.2) is 4.39 Å². The molecule has 1 aliphatic rings. The first kappa shape index (κ1) is 24.7. The van der Waals surface area contributed by atoms with E-state index in [0.717, 1.165) is 48.7 Å². The van der Waals surface area contributed by atoms with Crippen LogP contribution in [0.3, 0.4) is 0 Å². The van der Waals surface area contributed by atoms with Crippen LogP contribution in [0, 0.1) is 19.7 Å². The van der Waals surface area contributed by atoms with E-state index >= 15 is 0 Å². The summed E-state index contributed by atoms with van der Waals surface area (Å²) >= 11 is 0. The summed E-state index contributed by atoms with van der Waals surface area (Å²) in [4.78, 5) is 19.8. The van der Waals surface area contributed by atoms with Crippen molar-refractivity contribution >= 4 is 17.3 Å². The predicted molar refractivity (Wildman–Crippen MR) is 142 cm³/mol. The summed E-state index contributed by atoms with van der Waals surface area (Å²) < 4.78 is 13.3. The zero-order valence-electron chi connectivity index (χ0n) is 21.1. The van der Waals surface area contributed by atoms with Crippen LogP contribution >= 0.6 is 0 Å². The maximum Gasteiger partial charge on any atom is 0.251 e. The molecule has 1 amide bonds. The Labute approximate surface area is 208 Å². The second-order valence-electron chi connectivity index (χ2n) is 9.59. The Bertz CT molecular complexity index is 1120. The number of carbonyl (C=O) groups is 1. The summed E-state index contributed by atoms with van der Waals surface area (Å²) in [6.45, 7) is 7.97. The minimum absolute atomic E-state index is 0.0448. The van der Waals surface area contributed by atoms with Gasteiger partial charge < -0.3 is 15.1 Å². The van der Waals surface area contributed by atoms with Crippen LogP contribution in [0.4, 0.5) is 15.8 Å². The normalized spacial score (nSPS) is 15.1. The van der Waals surface area contributed by atoms with Gasteiger partial charge in [0.15, 0.2) is 0 Å². The van der Waals surface area contributed by atoms with E-state index in [9.17, 15) is 9.18 Å². The molecule has 1 unspecified atom stereocenters. The van der Waals surface area contributed by atoms with Gasteiger partial charge in [0, 0.05) is 63.8 Å². The summed E-state index contributed by atoms with van der Waals surface area (Å²) in [5.74, 6) is -0.259. The van der Waals surface area contributed by atoms with Crippen molar-refractivity contribution in [3.05, 3.63) is 94.8 Å². The van der Waals surface area contributed by atoms with Crippen LogP contribution in [0.15, 0.2) is 66.7 Å². The smallest absolute Gasteiger partial charge is 0.251 e. The topological polar surface area (TPSA) is 38.8 Å². The van der Waals surface area contributed by atoms with Crippen LogP contribution in [-0.4, -0.2) is 57.6 Å². The molecule has 4 rings (SSSR count). The molecule has 0 spiro atoms. The number of hydrogen-bond acceptors (Lipinski definition) is 4. The largest absolute Gasteiger partial charge is 0.378 e. The fourth-order valence-electron chi connectivity index (χ4n) is 4.79. The van der Waals surface area contributed by atoms with Crippen molar-refractivity contribution < 1.29 is 9.18 Å². The second-order valence-corrected chi connectivity index (χ2v) is 9.59. The fraction of sp³-hybridized carbons (Fsp3) is 0.345. The summed E-state index contributed by atoms with van der Waals surface area (Å²) in [6, 6.07) is 21.3. The van der Waals surface area contributed by atoms with Crippen LogP contribution in [0.5, 0.6) is 0 Å². The third-order valence-corrected chi connectivity index (χ3v) is 6.68. The minimum atomic E-state index is -0.215. The highest BCUT2D eigenvalue weighted by atomic mass is 19.1. The first-order valence-electron chi connectivity index (χ1n) is 12.2. The molecule has 3 aromatic carbocycles. The number of halogens is 1. The van der Waals surface area contributed by atoms with E-state index in [1.54, 1.807) is 0 Å². The summed E-state index contributed by atoms with van der Waals surface area (Å²) in [7, 11) is 4.07. The third-order valence-electron chi connectivity index (χ3n) is 6.68. The number of hydrogen-bond donors (Lipinski definition) is 1.